The van der Waals surface area contributed by atoms with Gasteiger partial charge in [-0.05, 0) is 35.9 Å². The number of nitrogens with one attached hydrogen (secondary N) is 1. The van der Waals surface area contributed by atoms with Gasteiger partial charge in [0.25, 0.3) is 0 Å². The smallest absolute Gasteiger partial charge is 0.236 e. The second-order valence-electron chi connectivity index (χ2n) is 5.51. The van der Waals surface area contributed by atoms with E-state index >= 15 is 0 Å². The second-order valence-corrected chi connectivity index (χ2v) is 5.51. The Balaban J connectivity index is 1.68. The highest BCUT2D eigenvalue weighted by Gasteiger charge is 2.13. The lowest BCUT2D eigenvalue weighted by Gasteiger charge is -2.09. The van der Waals surface area contributed by atoms with E-state index in [9.17, 15) is 0 Å². The van der Waals surface area contributed by atoms with Crippen LogP contribution in [0.1, 0.15) is 5.56 Å². The predicted molar refractivity (Wildman–Crippen MR) is 97.0 cm³/mol. The molecule has 0 fully saturated rings. The number of anilines is 1. The largest absolute Gasteiger partial charge is 0.497 e. The summed E-state index contributed by atoms with van der Waals surface area (Å²) in [7, 11) is 1.66. The number of hydrogen-bond acceptors (Lipinski definition) is 5. The van der Waals surface area contributed by atoms with Crippen molar-refractivity contribution in [3.8, 4) is 11.7 Å². The Morgan fingerprint density at radius 1 is 0.960 bits per heavy atom. The number of methoxy groups -OCH3 is 1. The van der Waals surface area contributed by atoms with Gasteiger partial charge in [-0.15, -0.1) is 0 Å². The van der Waals surface area contributed by atoms with Crippen molar-refractivity contribution in [1.29, 1.82) is 0 Å². The summed E-state index contributed by atoms with van der Waals surface area (Å²) in [6, 6.07) is 17.7. The first kappa shape index (κ1) is 15.1. The predicted octanol–water partition coefficient (Wildman–Crippen LogP) is 3.44. The zero-order valence-electron chi connectivity index (χ0n) is 13.8. The maximum atomic E-state index is 5.20. The molecule has 2 aromatic heterocycles. The summed E-state index contributed by atoms with van der Waals surface area (Å²) in [4.78, 5) is 13.4. The molecule has 2 aromatic carbocycles. The fourth-order valence-electron chi connectivity index (χ4n) is 2.68. The lowest BCUT2D eigenvalue weighted by atomic mass is 10.2. The molecule has 0 aliphatic rings. The number of hydrogen-bond donors (Lipinski definition) is 1. The van der Waals surface area contributed by atoms with Crippen LogP contribution in [0.25, 0.3) is 17.0 Å². The molecule has 0 radical (unpaired) electrons. The van der Waals surface area contributed by atoms with E-state index in [4.69, 9.17) is 4.74 Å². The summed E-state index contributed by atoms with van der Waals surface area (Å²) in [5, 5.41) is 3.39. The molecule has 0 aliphatic carbocycles. The van der Waals surface area contributed by atoms with Crippen LogP contribution in [-0.2, 0) is 6.54 Å². The third-order valence-corrected chi connectivity index (χ3v) is 3.92. The van der Waals surface area contributed by atoms with Crippen molar-refractivity contribution in [2.24, 2.45) is 0 Å². The maximum Gasteiger partial charge on any atom is 0.236 e. The van der Waals surface area contributed by atoms with Crippen LogP contribution in [-0.4, -0.2) is 26.6 Å². The van der Waals surface area contributed by atoms with E-state index in [0.717, 1.165) is 22.3 Å². The summed E-state index contributed by atoms with van der Waals surface area (Å²) in [6.07, 6.45) is 3.45. The molecule has 0 amide bonds. The van der Waals surface area contributed by atoms with E-state index < -0.39 is 0 Å². The van der Waals surface area contributed by atoms with Crippen molar-refractivity contribution in [3.63, 3.8) is 0 Å². The quantitative estimate of drug-likeness (QED) is 0.607. The number of imidazole rings is 1. The number of rotatable bonds is 5. The van der Waals surface area contributed by atoms with Crippen LogP contribution in [0.3, 0.4) is 0 Å². The van der Waals surface area contributed by atoms with Gasteiger partial charge >= 0.3 is 0 Å². The molecule has 4 rings (SSSR count). The van der Waals surface area contributed by atoms with Gasteiger partial charge in [-0.25, -0.2) is 19.5 Å². The van der Waals surface area contributed by atoms with Crippen LogP contribution < -0.4 is 10.1 Å². The molecule has 0 atom stereocenters. The number of fused-ring (bicyclic) bond motifs is 1. The van der Waals surface area contributed by atoms with Crippen LogP contribution in [0, 0.1) is 0 Å². The molecule has 124 valence electrons. The molecule has 0 unspecified atom stereocenters. The van der Waals surface area contributed by atoms with Crippen molar-refractivity contribution < 1.29 is 4.74 Å². The monoisotopic (exact) mass is 331 g/mol. The molecule has 4 aromatic rings. The average Bonchev–Trinajstić information content (AvgIpc) is 3.06. The molecule has 25 heavy (non-hydrogen) atoms. The third kappa shape index (κ3) is 3.01. The number of aromatic nitrogens is 4. The summed E-state index contributed by atoms with van der Waals surface area (Å²) in [6.45, 7) is 0.639. The van der Waals surface area contributed by atoms with Gasteiger partial charge in [0.2, 0.25) is 11.9 Å². The lowest BCUT2D eigenvalue weighted by molar-refractivity contribution is 0.414. The van der Waals surface area contributed by atoms with Crippen LogP contribution in [0.15, 0.2) is 67.0 Å². The van der Waals surface area contributed by atoms with E-state index in [-0.39, 0.29) is 0 Å². The molecule has 6 nitrogen and oxygen atoms in total. The third-order valence-electron chi connectivity index (χ3n) is 3.92. The first-order chi connectivity index (χ1) is 12.3. The average molecular weight is 331 g/mol. The van der Waals surface area contributed by atoms with Gasteiger partial charge < -0.3 is 10.1 Å². The van der Waals surface area contributed by atoms with Crippen LogP contribution in [0.5, 0.6) is 5.75 Å². The second kappa shape index (κ2) is 6.60. The molecular formula is C19H17N5O. The number of ether oxygens (including phenoxy) is 1. The van der Waals surface area contributed by atoms with Crippen molar-refractivity contribution in [3.05, 3.63) is 72.6 Å². The minimum atomic E-state index is 0.591. The number of para-hydroxylation sites is 2. The molecule has 6 heteroatoms. The minimum Gasteiger partial charge on any atom is -0.497 e. The Morgan fingerprint density at radius 3 is 2.48 bits per heavy atom. The summed E-state index contributed by atoms with van der Waals surface area (Å²) in [5.41, 5.74) is 2.99. The van der Waals surface area contributed by atoms with Gasteiger partial charge in [-0.1, -0.05) is 24.3 Å². The Morgan fingerprint density at radius 2 is 1.72 bits per heavy atom. The standard InChI is InChI=1S/C19H17N5O/c1-25-15-9-7-14(8-10-15)13-22-19-23-16-5-2-3-6-17(16)24(19)18-20-11-4-12-21-18/h2-12H,13H2,1H3,(H,22,23). The number of benzene rings is 2. The Labute approximate surface area is 145 Å². The SMILES string of the molecule is COc1ccc(CNc2nc3ccccc3n2-c2ncccn2)cc1. The molecule has 0 spiro atoms. The van der Waals surface area contributed by atoms with Gasteiger partial charge in [0.05, 0.1) is 18.1 Å². The molecular weight excluding hydrogens is 314 g/mol. The van der Waals surface area contributed by atoms with Crippen molar-refractivity contribution in [1.82, 2.24) is 19.5 Å². The Bertz CT molecular complexity index is 980. The van der Waals surface area contributed by atoms with E-state index in [0.29, 0.717) is 18.4 Å². The summed E-state index contributed by atoms with van der Waals surface area (Å²) < 4.78 is 7.12. The first-order valence-electron chi connectivity index (χ1n) is 7.97. The zero-order chi connectivity index (χ0) is 17.1. The fraction of sp³-hybridized carbons (Fsp3) is 0.105. The van der Waals surface area contributed by atoms with Crippen LogP contribution in [0.4, 0.5) is 5.95 Å². The van der Waals surface area contributed by atoms with Crippen molar-refractivity contribution in [2.75, 3.05) is 12.4 Å². The summed E-state index contributed by atoms with van der Waals surface area (Å²) >= 11 is 0. The van der Waals surface area contributed by atoms with E-state index in [1.165, 1.54) is 0 Å². The van der Waals surface area contributed by atoms with E-state index in [1.807, 2.05) is 53.1 Å². The van der Waals surface area contributed by atoms with Gasteiger partial charge in [0.15, 0.2) is 0 Å². The first-order valence-corrected chi connectivity index (χ1v) is 7.97. The Hall–Kier alpha value is -3.41. The van der Waals surface area contributed by atoms with Crippen LogP contribution in [0.2, 0.25) is 0 Å². The highest BCUT2D eigenvalue weighted by Crippen LogP contribution is 2.23. The molecule has 0 bridgehead atoms. The van der Waals surface area contributed by atoms with Gasteiger partial charge in [0.1, 0.15) is 5.75 Å². The highest BCUT2D eigenvalue weighted by atomic mass is 16.5. The van der Waals surface area contributed by atoms with Crippen LogP contribution >= 0.6 is 0 Å². The summed E-state index contributed by atoms with van der Waals surface area (Å²) in [5.74, 6) is 2.14. The van der Waals surface area contributed by atoms with E-state index in [2.05, 4.69) is 20.3 Å². The van der Waals surface area contributed by atoms with Crippen molar-refractivity contribution in [2.45, 2.75) is 6.54 Å². The normalized spacial score (nSPS) is 10.8. The maximum absolute atomic E-state index is 5.20. The molecule has 0 aliphatic heterocycles. The minimum absolute atomic E-state index is 0.591. The fourth-order valence-corrected chi connectivity index (χ4v) is 2.68. The van der Waals surface area contributed by atoms with Gasteiger partial charge in [0, 0.05) is 18.9 Å². The lowest BCUT2D eigenvalue weighted by Crippen LogP contribution is -2.08. The van der Waals surface area contributed by atoms with Gasteiger partial charge in [-0.2, -0.15) is 0 Å². The molecule has 2 heterocycles. The zero-order valence-corrected chi connectivity index (χ0v) is 13.8. The Kier molecular flexibility index (Phi) is 4.00. The van der Waals surface area contributed by atoms with Gasteiger partial charge in [-0.3, -0.25) is 0 Å². The highest BCUT2D eigenvalue weighted by molar-refractivity contribution is 5.80. The molecule has 0 saturated heterocycles. The molecule has 0 saturated carbocycles. The van der Waals surface area contributed by atoms with Crippen molar-refractivity contribution >= 4 is 17.0 Å². The molecule has 1 N–H and O–H groups in total. The number of nitrogens with zero attached hydrogens (tertiary/aromatic N) is 4. The topological polar surface area (TPSA) is 64.9 Å². The van der Waals surface area contributed by atoms with E-state index in [1.54, 1.807) is 25.6 Å².